The molecule has 3 rings (SSSR count). The van der Waals surface area contributed by atoms with Crippen molar-refractivity contribution in [3.8, 4) is 5.75 Å². The van der Waals surface area contributed by atoms with Gasteiger partial charge in [0.15, 0.2) is 12.4 Å². The first-order valence-corrected chi connectivity index (χ1v) is 8.51. The number of nitrogens with zero attached hydrogens (tertiary/aromatic N) is 3. The molecule has 2 aromatic rings. The van der Waals surface area contributed by atoms with E-state index < -0.39 is 0 Å². The SMILES string of the molecule is Cc1cc(OCc2nc(C3CNCCN3C)no2)ccc1C(C)C. The molecule has 24 heavy (non-hydrogen) atoms. The van der Waals surface area contributed by atoms with Crippen LogP contribution in [0.2, 0.25) is 0 Å². The molecule has 2 heterocycles. The Hall–Kier alpha value is -1.92. The minimum Gasteiger partial charge on any atom is -0.484 e. The largest absolute Gasteiger partial charge is 0.484 e. The Labute approximate surface area is 143 Å². The summed E-state index contributed by atoms with van der Waals surface area (Å²) in [5.41, 5.74) is 2.58. The smallest absolute Gasteiger partial charge is 0.264 e. The third kappa shape index (κ3) is 3.76. The van der Waals surface area contributed by atoms with E-state index in [0.717, 1.165) is 31.2 Å². The molecule has 0 spiro atoms. The zero-order valence-electron chi connectivity index (χ0n) is 14.9. The van der Waals surface area contributed by atoms with Gasteiger partial charge in [0.25, 0.3) is 5.89 Å². The van der Waals surface area contributed by atoms with Gasteiger partial charge in [-0.25, -0.2) is 0 Å². The lowest BCUT2D eigenvalue weighted by atomic mass is 9.98. The van der Waals surface area contributed by atoms with E-state index in [4.69, 9.17) is 9.26 Å². The standard InChI is InChI=1S/C18H26N4O2/c1-12(2)15-6-5-14(9-13(15)3)23-11-17-20-18(21-24-17)16-10-19-7-8-22(16)4/h5-6,9,12,16,19H,7-8,10-11H2,1-4H3. The van der Waals surface area contributed by atoms with E-state index in [1.807, 2.05) is 6.07 Å². The molecular formula is C18H26N4O2. The predicted octanol–water partition coefficient (Wildman–Crippen LogP) is 2.66. The number of aromatic nitrogens is 2. The number of aryl methyl sites for hydroxylation is 1. The van der Waals surface area contributed by atoms with Gasteiger partial charge in [-0.15, -0.1) is 0 Å². The van der Waals surface area contributed by atoms with Crippen LogP contribution in [-0.4, -0.2) is 41.7 Å². The van der Waals surface area contributed by atoms with Crippen molar-refractivity contribution < 1.29 is 9.26 Å². The highest BCUT2D eigenvalue weighted by atomic mass is 16.5. The van der Waals surface area contributed by atoms with E-state index in [1.54, 1.807) is 0 Å². The Morgan fingerprint density at radius 1 is 1.42 bits per heavy atom. The van der Waals surface area contributed by atoms with E-state index in [9.17, 15) is 0 Å². The lowest BCUT2D eigenvalue weighted by Crippen LogP contribution is -2.44. The van der Waals surface area contributed by atoms with Crippen molar-refractivity contribution in [2.24, 2.45) is 0 Å². The van der Waals surface area contributed by atoms with Crippen molar-refractivity contribution in [2.45, 2.75) is 39.3 Å². The molecule has 0 bridgehead atoms. The van der Waals surface area contributed by atoms with Gasteiger partial charge in [-0.2, -0.15) is 4.98 Å². The topological polar surface area (TPSA) is 63.4 Å². The third-order valence-electron chi connectivity index (χ3n) is 4.52. The molecule has 6 heteroatoms. The van der Waals surface area contributed by atoms with Crippen molar-refractivity contribution in [1.29, 1.82) is 0 Å². The second-order valence-corrected chi connectivity index (χ2v) is 6.71. The highest BCUT2D eigenvalue weighted by Gasteiger charge is 2.25. The first-order chi connectivity index (χ1) is 11.5. The third-order valence-corrected chi connectivity index (χ3v) is 4.52. The summed E-state index contributed by atoms with van der Waals surface area (Å²) < 4.78 is 11.1. The fourth-order valence-corrected chi connectivity index (χ4v) is 3.09. The summed E-state index contributed by atoms with van der Waals surface area (Å²) in [6, 6.07) is 6.34. The summed E-state index contributed by atoms with van der Waals surface area (Å²) >= 11 is 0. The number of ether oxygens (including phenoxy) is 1. The number of likely N-dealkylation sites (N-methyl/N-ethyl adjacent to an activating group) is 1. The monoisotopic (exact) mass is 330 g/mol. The molecule has 1 unspecified atom stereocenters. The highest BCUT2D eigenvalue weighted by molar-refractivity contribution is 5.36. The van der Waals surface area contributed by atoms with Crippen LogP contribution >= 0.6 is 0 Å². The number of nitrogens with one attached hydrogen (secondary N) is 1. The molecule has 1 aliphatic rings. The quantitative estimate of drug-likeness (QED) is 0.909. The van der Waals surface area contributed by atoms with E-state index >= 15 is 0 Å². The first kappa shape index (κ1) is 16.9. The van der Waals surface area contributed by atoms with E-state index in [0.29, 0.717) is 11.8 Å². The van der Waals surface area contributed by atoms with Crippen molar-refractivity contribution in [1.82, 2.24) is 20.4 Å². The van der Waals surface area contributed by atoms with Crippen molar-refractivity contribution >= 4 is 0 Å². The summed E-state index contributed by atoms with van der Waals surface area (Å²) in [6.45, 7) is 9.60. The van der Waals surface area contributed by atoms with Gasteiger partial charge in [0, 0.05) is 19.6 Å². The van der Waals surface area contributed by atoms with Crippen LogP contribution in [0.15, 0.2) is 22.7 Å². The average molecular weight is 330 g/mol. The molecule has 130 valence electrons. The van der Waals surface area contributed by atoms with Crippen LogP contribution in [0.1, 0.15) is 48.6 Å². The van der Waals surface area contributed by atoms with Crippen molar-refractivity contribution in [2.75, 3.05) is 26.7 Å². The average Bonchev–Trinajstić information content (AvgIpc) is 3.02. The maximum atomic E-state index is 5.81. The van der Waals surface area contributed by atoms with Gasteiger partial charge in [-0.1, -0.05) is 25.1 Å². The fourth-order valence-electron chi connectivity index (χ4n) is 3.09. The molecule has 1 fully saturated rings. The van der Waals surface area contributed by atoms with Crippen LogP contribution in [0.5, 0.6) is 5.75 Å². The zero-order chi connectivity index (χ0) is 17.1. The van der Waals surface area contributed by atoms with Crippen LogP contribution in [0.25, 0.3) is 0 Å². The molecule has 1 aliphatic heterocycles. The Kier molecular flexibility index (Phi) is 5.16. The summed E-state index contributed by atoms with van der Waals surface area (Å²) in [6.07, 6.45) is 0. The molecule has 6 nitrogen and oxygen atoms in total. The van der Waals surface area contributed by atoms with Gasteiger partial charge in [0.2, 0.25) is 0 Å². The molecule has 0 amide bonds. The zero-order valence-corrected chi connectivity index (χ0v) is 14.9. The Morgan fingerprint density at radius 3 is 2.96 bits per heavy atom. The van der Waals surface area contributed by atoms with Gasteiger partial charge in [0.1, 0.15) is 5.75 Å². The van der Waals surface area contributed by atoms with Gasteiger partial charge in [-0.05, 0) is 43.1 Å². The summed E-state index contributed by atoms with van der Waals surface area (Å²) in [4.78, 5) is 6.72. The van der Waals surface area contributed by atoms with Crippen LogP contribution in [0, 0.1) is 6.92 Å². The summed E-state index contributed by atoms with van der Waals surface area (Å²) in [7, 11) is 2.08. The number of hydrogen-bond donors (Lipinski definition) is 1. The van der Waals surface area contributed by atoms with E-state index in [-0.39, 0.29) is 12.6 Å². The molecule has 0 aliphatic carbocycles. The Bertz CT molecular complexity index is 683. The van der Waals surface area contributed by atoms with E-state index in [2.05, 4.69) is 60.3 Å². The predicted molar refractivity (Wildman–Crippen MR) is 92.1 cm³/mol. The molecule has 1 saturated heterocycles. The lowest BCUT2D eigenvalue weighted by Gasteiger charge is -2.30. The number of rotatable bonds is 5. The molecule has 1 aromatic heterocycles. The molecular weight excluding hydrogens is 304 g/mol. The normalized spacial score (nSPS) is 19.0. The molecule has 0 saturated carbocycles. The molecule has 1 aromatic carbocycles. The molecule has 1 atom stereocenters. The van der Waals surface area contributed by atoms with Crippen molar-refractivity contribution in [3.63, 3.8) is 0 Å². The van der Waals surface area contributed by atoms with Crippen LogP contribution in [0.3, 0.4) is 0 Å². The second-order valence-electron chi connectivity index (χ2n) is 6.71. The Balaban J connectivity index is 1.62. The number of benzene rings is 1. The second kappa shape index (κ2) is 7.32. The van der Waals surface area contributed by atoms with Gasteiger partial charge >= 0.3 is 0 Å². The molecule has 0 radical (unpaired) electrons. The van der Waals surface area contributed by atoms with E-state index in [1.165, 1.54) is 11.1 Å². The maximum absolute atomic E-state index is 5.81. The number of hydrogen-bond acceptors (Lipinski definition) is 6. The number of piperazine rings is 1. The maximum Gasteiger partial charge on any atom is 0.264 e. The highest BCUT2D eigenvalue weighted by Crippen LogP contribution is 2.24. The lowest BCUT2D eigenvalue weighted by molar-refractivity contribution is 0.189. The van der Waals surface area contributed by atoms with Crippen molar-refractivity contribution in [3.05, 3.63) is 41.0 Å². The van der Waals surface area contributed by atoms with Gasteiger partial charge < -0.3 is 14.6 Å². The Morgan fingerprint density at radius 2 is 2.25 bits per heavy atom. The first-order valence-electron chi connectivity index (χ1n) is 8.51. The molecule has 1 N–H and O–H groups in total. The minimum absolute atomic E-state index is 0.156. The van der Waals surface area contributed by atoms with Crippen LogP contribution in [0.4, 0.5) is 0 Å². The summed E-state index contributed by atoms with van der Waals surface area (Å²) in [5.74, 6) is 2.57. The minimum atomic E-state index is 0.156. The van der Waals surface area contributed by atoms with Gasteiger partial charge in [0.05, 0.1) is 6.04 Å². The summed E-state index contributed by atoms with van der Waals surface area (Å²) in [5, 5.41) is 7.47. The fraction of sp³-hybridized carbons (Fsp3) is 0.556. The van der Waals surface area contributed by atoms with Gasteiger partial charge in [-0.3, -0.25) is 4.90 Å². The van der Waals surface area contributed by atoms with Crippen LogP contribution < -0.4 is 10.1 Å². The van der Waals surface area contributed by atoms with Crippen LogP contribution in [-0.2, 0) is 6.61 Å².